The molecule has 1 aromatic heterocycles. The van der Waals surface area contributed by atoms with E-state index in [0.29, 0.717) is 36.9 Å². The van der Waals surface area contributed by atoms with Crippen LogP contribution in [0.25, 0.3) is 0 Å². The predicted octanol–water partition coefficient (Wildman–Crippen LogP) is 2.64. The standard InChI is InChI=1S/C20H19N3O4/c1-25-16-8-4-2-6-14(16)12-18-21-19(27-22-18)10-11-23-15-7-3-5-9-17(15)26-13-20(23)24/h2-9H,10-13H2,1H3. The number of carbonyl (C=O) groups is 1. The van der Waals surface area contributed by atoms with Crippen LogP contribution in [0.1, 0.15) is 17.3 Å². The van der Waals surface area contributed by atoms with Gasteiger partial charge >= 0.3 is 0 Å². The van der Waals surface area contributed by atoms with E-state index >= 15 is 0 Å². The van der Waals surface area contributed by atoms with Crippen LogP contribution >= 0.6 is 0 Å². The highest BCUT2D eigenvalue weighted by atomic mass is 16.5. The van der Waals surface area contributed by atoms with Crippen LogP contribution in [0.2, 0.25) is 0 Å². The number of carbonyl (C=O) groups excluding carboxylic acids is 1. The summed E-state index contributed by atoms with van der Waals surface area (Å²) < 4.78 is 16.2. The molecule has 1 amide bonds. The predicted molar refractivity (Wildman–Crippen MR) is 98.1 cm³/mol. The van der Waals surface area contributed by atoms with Crippen LogP contribution in [0.3, 0.4) is 0 Å². The van der Waals surface area contributed by atoms with Gasteiger partial charge in [-0.15, -0.1) is 0 Å². The largest absolute Gasteiger partial charge is 0.496 e. The van der Waals surface area contributed by atoms with Crippen LogP contribution in [-0.2, 0) is 17.6 Å². The van der Waals surface area contributed by atoms with Crippen molar-refractivity contribution < 1.29 is 18.8 Å². The molecule has 0 radical (unpaired) electrons. The Morgan fingerprint density at radius 2 is 1.96 bits per heavy atom. The summed E-state index contributed by atoms with van der Waals surface area (Å²) in [7, 11) is 1.64. The molecule has 7 nitrogen and oxygen atoms in total. The number of amides is 1. The van der Waals surface area contributed by atoms with Crippen molar-refractivity contribution >= 4 is 11.6 Å². The second kappa shape index (κ2) is 7.49. The topological polar surface area (TPSA) is 77.7 Å². The van der Waals surface area contributed by atoms with Gasteiger partial charge in [-0.05, 0) is 18.2 Å². The van der Waals surface area contributed by atoms with E-state index in [1.807, 2.05) is 48.5 Å². The maximum atomic E-state index is 12.2. The molecule has 3 aromatic rings. The van der Waals surface area contributed by atoms with E-state index in [4.69, 9.17) is 14.0 Å². The van der Waals surface area contributed by atoms with Gasteiger partial charge in [0.05, 0.1) is 12.8 Å². The monoisotopic (exact) mass is 365 g/mol. The van der Waals surface area contributed by atoms with Crippen molar-refractivity contribution in [3.05, 3.63) is 65.8 Å². The summed E-state index contributed by atoms with van der Waals surface area (Å²) in [6.45, 7) is 0.495. The van der Waals surface area contributed by atoms with E-state index in [2.05, 4.69) is 10.1 Å². The number of para-hydroxylation sites is 3. The van der Waals surface area contributed by atoms with Crippen LogP contribution < -0.4 is 14.4 Å². The van der Waals surface area contributed by atoms with E-state index < -0.39 is 0 Å². The molecule has 0 atom stereocenters. The number of hydrogen-bond donors (Lipinski definition) is 0. The van der Waals surface area contributed by atoms with Crippen molar-refractivity contribution in [1.82, 2.24) is 10.1 Å². The Bertz CT molecular complexity index is 954. The average Bonchev–Trinajstić information content (AvgIpc) is 3.15. The second-order valence-electron chi connectivity index (χ2n) is 6.14. The molecule has 0 N–H and O–H groups in total. The maximum absolute atomic E-state index is 12.2. The van der Waals surface area contributed by atoms with Crippen molar-refractivity contribution in [3.8, 4) is 11.5 Å². The van der Waals surface area contributed by atoms with Gasteiger partial charge in [0.1, 0.15) is 11.5 Å². The lowest BCUT2D eigenvalue weighted by molar-refractivity contribution is -0.121. The number of anilines is 1. The van der Waals surface area contributed by atoms with Crippen LogP contribution in [0.15, 0.2) is 53.1 Å². The highest BCUT2D eigenvalue weighted by molar-refractivity contribution is 5.97. The Morgan fingerprint density at radius 1 is 1.15 bits per heavy atom. The minimum absolute atomic E-state index is 0.0416. The van der Waals surface area contributed by atoms with E-state index in [1.54, 1.807) is 12.0 Å². The number of hydrogen-bond acceptors (Lipinski definition) is 6. The average molecular weight is 365 g/mol. The van der Waals surface area contributed by atoms with Crippen molar-refractivity contribution in [2.75, 3.05) is 25.2 Å². The zero-order valence-electron chi connectivity index (χ0n) is 14.9. The molecule has 0 saturated carbocycles. The minimum atomic E-state index is -0.0811. The Balaban J connectivity index is 1.44. The summed E-state index contributed by atoms with van der Waals surface area (Å²) in [5.41, 5.74) is 1.76. The van der Waals surface area contributed by atoms with E-state index in [-0.39, 0.29) is 12.5 Å². The maximum Gasteiger partial charge on any atom is 0.265 e. The summed E-state index contributed by atoms with van der Waals surface area (Å²) in [6, 6.07) is 15.2. The first-order valence-electron chi connectivity index (χ1n) is 8.70. The highest BCUT2D eigenvalue weighted by Crippen LogP contribution is 2.31. The third kappa shape index (κ3) is 3.62. The first kappa shape index (κ1) is 17.1. The Kier molecular flexibility index (Phi) is 4.74. The third-order valence-electron chi connectivity index (χ3n) is 4.41. The van der Waals surface area contributed by atoms with Crippen LogP contribution in [0.4, 0.5) is 5.69 Å². The zero-order valence-corrected chi connectivity index (χ0v) is 14.9. The summed E-state index contributed by atoms with van der Waals surface area (Å²) in [5.74, 6) is 2.50. The number of nitrogens with zero attached hydrogens (tertiary/aromatic N) is 3. The Hall–Kier alpha value is -3.35. The van der Waals surface area contributed by atoms with E-state index in [0.717, 1.165) is 17.0 Å². The molecule has 2 heterocycles. The van der Waals surface area contributed by atoms with Crippen LogP contribution in [-0.4, -0.2) is 36.3 Å². The van der Waals surface area contributed by atoms with E-state index in [9.17, 15) is 4.79 Å². The molecule has 138 valence electrons. The first-order valence-corrected chi connectivity index (χ1v) is 8.70. The number of fused-ring (bicyclic) bond motifs is 1. The number of methoxy groups -OCH3 is 1. The number of ether oxygens (including phenoxy) is 2. The fourth-order valence-electron chi connectivity index (χ4n) is 3.09. The van der Waals surface area contributed by atoms with Gasteiger partial charge in [-0.25, -0.2) is 0 Å². The van der Waals surface area contributed by atoms with Gasteiger partial charge in [-0.3, -0.25) is 4.79 Å². The van der Waals surface area contributed by atoms with Crippen molar-refractivity contribution in [3.63, 3.8) is 0 Å². The van der Waals surface area contributed by atoms with Gasteiger partial charge in [0, 0.05) is 24.9 Å². The Morgan fingerprint density at radius 3 is 2.85 bits per heavy atom. The fourth-order valence-corrected chi connectivity index (χ4v) is 3.09. The molecule has 1 aliphatic heterocycles. The van der Waals surface area contributed by atoms with Crippen molar-refractivity contribution in [1.29, 1.82) is 0 Å². The third-order valence-corrected chi connectivity index (χ3v) is 4.41. The lowest BCUT2D eigenvalue weighted by atomic mass is 10.1. The molecule has 27 heavy (non-hydrogen) atoms. The van der Waals surface area contributed by atoms with Crippen LogP contribution in [0.5, 0.6) is 11.5 Å². The van der Waals surface area contributed by atoms with Gasteiger partial charge in [0.15, 0.2) is 12.4 Å². The summed E-state index contributed by atoms with van der Waals surface area (Å²) in [6.07, 6.45) is 0.992. The normalized spacial score (nSPS) is 13.2. The summed E-state index contributed by atoms with van der Waals surface area (Å²) in [4.78, 5) is 18.4. The molecule has 0 fully saturated rings. The SMILES string of the molecule is COc1ccccc1Cc1noc(CCN2C(=O)COc3ccccc32)n1. The molecular formula is C20H19N3O4. The molecule has 4 rings (SSSR count). The van der Waals surface area contributed by atoms with Gasteiger partial charge in [-0.2, -0.15) is 4.98 Å². The lowest BCUT2D eigenvalue weighted by Crippen LogP contribution is -2.40. The van der Waals surface area contributed by atoms with Crippen molar-refractivity contribution in [2.45, 2.75) is 12.8 Å². The number of aromatic nitrogens is 2. The minimum Gasteiger partial charge on any atom is -0.496 e. The lowest BCUT2D eigenvalue weighted by Gasteiger charge is -2.28. The van der Waals surface area contributed by atoms with E-state index in [1.165, 1.54) is 0 Å². The molecule has 1 aliphatic rings. The molecule has 0 spiro atoms. The number of rotatable bonds is 6. The molecule has 0 saturated heterocycles. The summed E-state index contributed by atoms with van der Waals surface area (Å²) >= 11 is 0. The fraction of sp³-hybridized carbons (Fsp3) is 0.250. The van der Waals surface area contributed by atoms with Crippen LogP contribution in [0, 0.1) is 0 Å². The quantitative estimate of drug-likeness (QED) is 0.668. The zero-order chi connectivity index (χ0) is 18.6. The molecular weight excluding hydrogens is 346 g/mol. The smallest absolute Gasteiger partial charge is 0.265 e. The molecule has 0 aliphatic carbocycles. The first-order chi connectivity index (χ1) is 13.2. The molecule has 0 bridgehead atoms. The van der Waals surface area contributed by atoms with Crippen molar-refractivity contribution in [2.24, 2.45) is 0 Å². The van der Waals surface area contributed by atoms with Gasteiger partial charge < -0.3 is 18.9 Å². The van der Waals surface area contributed by atoms with Gasteiger partial charge in [0.25, 0.3) is 5.91 Å². The second-order valence-corrected chi connectivity index (χ2v) is 6.14. The molecule has 2 aromatic carbocycles. The summed E-state index contributed by atoms with van der Waals surface area (Å²) in [5, 5.41) is 4.04. The number of benzene rings is 2. The Labute approximate surface area is 156 Å². The highest BCUT2D eigenvalue weighted by Gasteiger charge is 2.25. The molecule has 0 unspecified atom stereocenters. The van der Waals surface area contributed by atoms with Gasteiger partial charge in [-0.1, -0.05) is 35.5 Å². The molecule has 7 heteroatoms. The van der Waals surface area contributed by atoms with Gasteiger partial charge in [0.2, 0.25) is 5.89 Å².